The highest BCUT2D eigenvalue weighted by Gasteiger charge is 2.13. The first kappa shape index (κ1) is 16.0. The van der Waals surface area contributed by atoms with E-state index < -0.39 is 0 Å². The van der Waals surface area contributed by atoms with Gasteiger partial charge in [-0.2, -0.15) is 0 Å². The predicted molar refractivity (Wildman–Crippen MR) is 99.8 cm³/mol. The van der Waals surface area contributed by atoms with Crippen molar-refractivity contribution >= 4 is 23.5 Å². The smallest absolute Gasteiger partial charge is 0.0154 e. The molecule has 0 aromatic heterocycles. The fourth-order valence-corrected chi connectivity index (χ4v) is 4.79. The highest BCUT2D eigenvalue weighted by molar-refractivity contribution is 7.99. The summed E-state index contributed by atoms with van der Waals surface area (Å²) in [5, 5.41) is 0. The standard InChI is InChI=1S/C20H23S2/c1-21-20-10-6-5-9-19(20)17-11-13-18(14-12-17)22-15-16-7-3-2-4-8-16/h5-6,10-14,16H,2-4,7-8,15H2,1H3. The van der Waals surface area contributed by atoms with E-state index in [0.29, 0.717) is 0 Å². The normalized spacial score (nSPS) is 15.9. The SMILES string of the molecule is CSc1ccc[c]c1-c1ccc(SCC2CCCCC2)cc1. The summed E-state index contributed by atoms with van der Waals surface area (Å²) in [7, 11) is 0. The van der Waals surface area contributed by atoms with Gasteiger partial charge in [-0.05, 0) is 54.8 Å². The van der Waals surface area contributed by atoms with Crippen molar-refractivity contribution in [2.45, 2.75) is 41.9 Å². The molecule has 1 aliphatic carbocycles. The Morgan fingerprint density at radius 2 is 1.82 bits per heavy atom. The molecule has 0 bridgehead atoms. The van der Waals surface area contributed by atoms with Gasteiger partial charge in [0.2, 0.25) is 0 Å². The van der Waals surface area contributed by atoms with E-state index in [4.69, 9.17) is 0 Å². The van der Waals surface area contributed by atoms with Gasteiger partial charge in [0.1, 0.15) is 0 Å². The minimum atomic E-state index is 0.934. The second kappa shape index (κ2) is 8.12. The van der Waals surface area contributed by atoms with Gasteiger partial charge in [-0.1, -0.05) is 43.5 Å². The molecule has 2 aromatic rings. The molecule has 3 rings (SSSR count). The molecule has 0 heterocycles. The van der Waals surface area contributed by atoms with Crippen molar-refractivity contribution < 1.29 is 0 Å². The van der Waals surface area contributed by atoms with Gasteiger partial charge in [0.15, 0.2) is 0 Å². The molecule has 0 saturated heterocycles. The zero-order valence-corrected chi connectivity index (χ0v) is 14.8. The van der Waals surface area contributed by atoms with Crippen LogP contribution in [0.1, 0.15) is 32.1 Å². The number of benzene rings is 2. The van der Waals surface area contributed by atoms with Gasteiger partial charge in [-0.15, -0.1) is 23.5 Å². The van der Waals surface area contributed by atoms with Crippen LogP contribution in [0.4, 0.5) is 0 Å². The molecule has 0 amide bonds. The fraction of sp³-hybridized carbons (Fsp3) is 0.400. The number of hydrogen-bond acceptors (Lipinski definition) is 2. The average molecular weight is 328 g/mol. The number of rotatable bonds is 5. The Kier molecular flexibility index (Phi) is 5.91. The largest absolute Gasteiger partial charge is 0.129 e. The van der Waals surface area contributed by atoms with Gasteiger partial charge in [0.25, 0.3) is 0 Å². The third-order valence-electron chi connectivity index (χ3n) is 4.39. The summed E-state index contributed by atoms with van der Waals surface area (Å²) >= 11 is 3.81. The Bertz CT molecular complexity index is 583. The molecule has 1 aliphatic rings. The van der Waals surface area contributed by atoms with Crippen LogP contribution in [-0.4, -0.2) is 12.0 Å². The van der Waals surface area contributed by atoms with Gasteiger partial charge in [-0.3, -0.25) is 0 Å². The lowest BCUT2D eigenvalue weighted by Crippen LogP contribution is -2.08. The van der Waals surface area contributed by atoms with Crippen LogP contribution in [0.2, 0.25) is 0 Å². The van der Waals surface area contributed by atoms with Crippen LogP contribution >= 0.6 is 23.5 Å². The van der Waals surface area contributed by atoms with Gasteiger partial charge < -0.3 is 0 Å². The summed E-state index contributed by atoms with van der Waals surface area (Å²) < 4.78 is 0. The van der Waals surface area contributed by atoms with Crippen LogP contribution < -0.4 is 0 Å². The summed E-state index contributed by atoms with van der Waals surface area (Å²) in [4.78, 5) is 2.70. The molecule has 0 spiro atoms. The molecular formula is C20H23S2. The highest BCUT2D eigenvalue weighted by atomic mass is 32.2. The van der Waals surface area contributed by atoms with Crippen molar-refractivity contribution in [1.29, 1.82) is 0 Å². The van der Waals surface area contributed by atoms with E-state index in [1.54, 1.807) is 11.8 Å². The van der Waals surface area contributed by atoms with Gasteiger partial charge in [-0.25, -0.2) is 0 Å². The molecule has 1 radical (unpaired) electrons. The molecule has 22 heavy (non-hydrogen) atoms. The predicted octanol–water partition coefficient (Wildman–Crippen LogP) is 6.55. The Hall–Kier alpha value is -0.860. The topological polar surface area (TPSA) is 0 Å². The molecule has 0 unspecified atom stereocenters. The number of thioether (sulfide) groups is 2. The Morgan fingerprint density at radius 3 is 2.55 bits per heavy atom. The first-order valence-corrected chi connectivity index (χ1v) is 10.4. The molecule has 0 atom stereocenters. The minimum Gasteiger partial charge on any atom is -0.129 e. The van der Waals surface area contributed by atoms with Crippen LogP contribution in [0.5, 0.6) is 0 Å². The van der Waals surface area contributed by atoms with E-state index >= 15 is 0 Å². The maximum Gasteiger partial charge on any atom is 0.0154 e. The van der Waals surface area contributed by atoms with E-state index in [1.807, 2.05) is 17.8 Å². The van der Waals surface area contributed by atoms with Crippen LogP contribution in [-0.2, 0) is 0 Å². The van der Waals surface area contributed by atoms with E-state index in [0.717, 1.165) is 5.92 Å². The van der Waals surface area contributed by atoms with E-state index in [-0.39, 0.29) is 0 Å². The van der Waals surface area contributed by atoms with Crippen molar-refractivity contribution in [3.8, 4) is 11.1 Å². The maximum absolute atomic E-state index is 3.38. The summed E-state index contributed by atoms with van der Waals surface area (Å²) in [6, 6.07) is 18.6. The van der Waals surface area contributed by atoms with E-state index in [9.17, 15) is 0 Å². The summed E-state index contributed by atoms with van der Waals surface area (Å²) in [5.74, 6) is 2.22. The van der Waals surface area contributed by atoms with E-state index in [1.165, 1.54) is 58.8 Å². The third kappa shape index (κ3) is 4.11. The van der Waals surface area contributed by atoms with Gasteiger partial charge in [0.05, 0.1) is 0 Å². The molecule has 0 aliphatic heterocycles. The Morgan fingerprint density at radius 1 is 1.05 bits per heavy atom. The minimum absolute atomic E-state index is 0.934. The van der Waals surface area contributed by atoms with Crippen molar-refractivity contribution in [3.05, 3.63) is 48.5 Å². The van der Waals surface area contributed by atoms with Gasteiger partial charge >= 0.3 is 0 Å². The molecule has 115 valence electrons. The summed E-state index contributed by atoms with van der Waals surface area (Å²) in [6.45, 7) is 0. The lowest BCUT2D eigenvalue weighted by atomic mass is 9.91. The van der Waals surface area contributed by atoms with Gasteiger partial charge in [0, 0.05) is 21.1 Å². The highest BCUT2D eigenvalue weighted by Crippen LogP contribution is 2.33. The lowest BCUT2D eigenvalue weighted by Gasteiger charge is -2.20. The molecule has 0 nitrogen and oxygen atoms in total. The van der Waals surface area contributed by atoms with Crippen LogP contribution in [0.15, 0.2) is 52.3 Å². The zero-order chi connectivity index (χ0) is 15.2. The zero-order valence-electron chi connectivity index (χ0n) is 13.2. The second-order valence-corrected chi connectivity index (χ2v) is 7.89. The third-order valence-corrected chi connectivity index (χ3v) is 6.41. The first-order valence-electron chi connectivity index (χ1n) is 8.15. The second-order valence-electron chi connectivity index (χ2n) is 5.95. The molecular weight excluding hydrogens is 304 g/mol. The quantitative estimate of drug-likeness (QED) is 0.571. The average Bonchev–Trinajstić information content (AvgIpc) is 2.61. The monoisotopic (exact) mass is 327 g/mol. The molecule has 2 aromatic carbocycles. The van der Waals surface area contributed by atoms with Crippen molar-refractivity contribution in [1.82, 2.24) is 0 Å². The number of hydrogen-bond donors (Lipinski definition) is 0. The summed E-state index contributed by atoms with van der Waals surface area (Å²) in [5.41, 5.74) is 2.49. The van der Waals surface area contributed by atoms with Crippen LogP contribution in [0.3, 0.4) is 0 Å². The fourth-order valence-electron chi connectivity index (χ4n) is 3.10. The molecule has 2 heteroatoms. The van der Waals surface area contributed by atoms with Crippen molar-refractivity contribution in [2.24, 2.45) is 5.92 Å². The first-order chi connectivity index (χ1) is 10.9. The lowest BCUT2D eigenvalue weighted by molar-refractivity contribution is 0.391. The molecule has 1 saturated carbocycles. The van der Waals surface area contributed by atoms with Crippen molar-refractivity contribution in [2.75, 3.05) is 12.0 Å². The maximum atomic E-state index is 3.38. The Labute approximate surface area is 143 Å². The molecule has 0 N–H and O–H groups in total. The van der Waals surface area contributed by atoms with Crippen molar-refractivity contribution in [3.63, 3.8) is 0 Å². The summed E-state index contributed by atoms with van der Waals surface area (Å²) in [6.07, 6.45) is 9.31. The van der Waals surface area contributed by atoms with Crippen LogP contribution in [0.25, 0.3) is 11.1 Å². The Balaban J connectivity index is 1.64. The van der Waals surface area contributed by atoms with Crippen LogP contribution in [0, 0.1) is 12.0 Å². The van der Waals surface area contributed by atoms with E-state index in [2.05, 4.69) is 48.7 Å². The molecule has 1 fully saturated rings.